The van der Waals surface area contributed by atoms with Crippen molar-refractivity contribution in [3.05, 3.63) is 52.6 Å². The molecule has 122 valence electrons. The summed E-state index contributed by atoms with van der Waals surface area (Å²) >= 11 is 6.06. The van der Waals surface area contributed by atoms with Gasteiger partial charge in [0.05, 0.1) is 23.5 Å². The van der Waals surface area contributed by atoms with Crippen LogP contribution in [-0.4, -0.2) is 34.6 Å². The Hall–Kier alpha value is -2.34. The van der Waals surface area contributed by atoms with Gasteiger partial charge in [-0.3, -0.25) is 4.79 Å². The number of aryl methyl sites for hydroxylation is 1. The van der Waals surface area contributed by atoms with Crippen LogP contribution < -0.4 is 5.32 Å². The minimum absolute atomic E-state index is 0.235. The fraction of sp³-hybridized carbons (Fsp3) is 0.312. The monoisotopic (exact) mass is 335 g/mol. The Balaban J connectivity index is 1.87. The quantitative estimate of drug-likeness (QED) is 0.823. The molecule has 0 bridgehead atoms. The van der Waals surface area contributed by atoms with Gasteiger partial charge in [0.15, 0.2) is 5.69 Å². The Kier molecular flexibility index (Phi) is 5.76. The van der Waals surface area contributed by atoms with Gasteiger partial charge in [0.25, 0.3) is 5.91 Å². The topological polar surface area (TPSA) is 73.2 Å². The third-order valence-electron chi connectivity index (χ3n) is 3.14. The molecule has 6 nitrogen and oxygen atoms in total. The fourth-order valence-electron chi connectivity index (χ4n) is 1.99. The molecule has 0 aliphatic heterocycles. The number of hydrogen-bond acceptors (Lipinski definition) is 4. The van der Waals surface area contributed by atoms with Crippen molar-refractivity contribution in [1.82, 2.24) is 14.9 Å². The second-order valence-electron chi connectivity index (χ2n) is 4.96. The largest absolute Gasteiger partial charge is 0.461 e. The van der Waals surface area contributed by atoms with E-state index in [4.69, 9.17) is 16.3 Å². The van der Waals surface area contributed by atoms with Crippen LogP contribution in [0.1, 0.15) is 33.3 Å². The predicted molar refractivity (Wildman–Crippen MR) is 86.7 cm³/mol. The van der Waals surface area contributed by atoms with Crippen molar-refractivity contribution in [2.24, 2.45) is 0 Å². The van der Waals surface area contributed by atoms with E-state index in [9.17, 15) is 9.59 Å². The highest BCUT2D eigenvalue weighted by atomic mass is 35.5. The van der Waals surface area contributed by atoms with Gasteiger partial charge < -0.3 is 14.6 Å². The number of benzene rings is 1. The second kappa shape index (κ2) is 7.78. The van der Waals surface area contributed by atoms with Crippen LogP contribution in [0, 0.1) is 6.92 Å². The first-order valence-corrected chi connectivity index (χ1v) is 7.62. The number of aromatic nitrogens is 2. The van der Waals surface area contributed by atoms with Crippen molar-refractivity contribution in [2.75, 3.05) is 13.2 Å². The van der Waals surface area contributed by atoms with Gasteiger partial charge in [-0.2, -0.15) is 0 Å². The summed E-state index contributed by atoms with van der Waals surface area (Å²) < 4.78 is 6.58. The average molecular weight is 336 g/mol. The standard InChI is InChI=1S/C16H18ClN3O3/c1-3-23-16(22)14-9-20(10-19-14)7-6-18-15(21)12-5-4-11(2)8-13(12)17/h4-5,8-10H,3,6-7H2,1-2H3,(H,18,21). The molecule has 0 saturated carbocycles. The molecule has 0 aliphatic carbocycles. The summed E-state index contributed by atoms with van der Waals surface area (Å²) in [6, 6.07) is 5.28. The van der Waals surface area contributed by atoms with Gasteiger partial charge in [0, 0.05) is 19.3 Å². The van der Waals surface area contributed by atoms with E-state index in [1.165, 1.54) is 6.33 Å². The van der Waals surface area contributed by atoms with Crippen LogP contribution in [0.3, 0.4) is 0 Å². The molecule has 0 radical (unpaired) electrons. The molecule has 1 N–H and O–H groups in total. The summed E-state index contributed by atoms with van der Waals surface area (Å²) in [5, 5.41) is 3.21. The SMILES string of the molecule is CCOC(=O)c1cn(CCNC(=O)c2ccc(C)cc2Cl)cn1. The Morgan fingerprint density at radius 2 is 2.17 bits per heavy atom. The van der Waals surface area contributed by atoms with E-state index in [0.717, 1.165) is 5.56 Å². The molecule has 1 amide bonds. The van der Waals surface area contributed by atoms with Crippen LogP contribution in [0.25, 0.3) is 0 Å². The molecule has 1 heterocycles. The van der Waals surface area contributed by atoms with Gasteiger partial charge in [0.2, 0.25) is 0 Å². The number of ether oxygens (including phenoxy) is 1. The second-order valence-corrected chi connectivity index (χ2v) is 5.36. The van der Waals surface area contributed by atoms with Crippen LogP contribution in [0.2, 0.25) is 5.02 Å². The van der Waals surface area contributed by atoms with Crippen molar-refractivity contribution in [2.45, 2.75) is 20.4 Å². The smallest absolute Gasteiger partial charge is 0.358 e. The van der Waals surface area contributed by atoms with Gasteiger partial charge in [-0.25, -0.2) is 9.78 Å². The first-order chi connectivity index (χ1) is 11.0. The van der Waals surface area contributed by atoms with Gasteiger partial charge in [0.1, 0.15) is 0 Å². The summed E-state index contributed by atoms with van der Waals surface area (Å²) in [6.07, 6.45) is 3.11. The Morgan fingerprint density at radius 1 is 1.39 bits per heavy atom. The summed E-state index contributed by atoms with van der Waals surface area (Å²) in [7, 11) is 0. The van der Waals surface area contributed by atoms with Gasteiger partial charge in [-0.1, -0.05) is 17.7 Å². The van der Waals surface area contributed by atoms with Crippen molar-refractivity contribution in [3.8, 4) is 0 Å². The molecule has 0 saturated heterocycles. The van der Waals surface area contributed by atoms with Crippen molar-refractivity contribution < 1.29 is 14.3 Å². The zero-order valence-electron chi connectivity index (χ0n) is 13.0. The number of carbonyl (C=O) groups excluding carboxylic acids is 2. The third kappa shape index (κ3) is 4.56. The Morgan fingerprint density at radius 3 is 2.87 bits per heavy atom. The lowest BCUT2D eigenvalue weighted by molar-refractivity contribution is 0.0519. The highest BCUT2D eigenvalue weighted by Crippen LogP contribution is 2.17. The maximum absolute atomic E-state index is 12.1. The van der Waals surface area contributed by atoms with Crippen molar-refractivity contribution in [1.29, 1.82) is 0 Å². The van der Waals surface area contributed by atoms with Crippen LogP contribution in [0.4, 0.5) is 0 Å². The summed E-state index contributed by atoms with van der Waals surface area (Å²) in [4.78, 5) is 27.5. The molecule has 1 aromatic heterocycles. The summed E-state index contributed by atoms with van der Waals surface area (Å²) in [5.41, 5.74) is 1.69. The zero-order chi connectivity index (χ0) is 16.8. The normalized spacial score (nSPS) is 10.4. The maximum Gasteiger partial charge on any atom is 0.358 e. The highest BCUT2D eigenvalue weighted by molar-refractivity contribution is 6.33. The molecular formula is C16H18ClN3O3. The molecule has 0 fully saturated rings. The molecular weight excluding hydrogens is 318 g/mol. The van der Waals surface area contributed by atoms with Gasteiger partial charge in [-0.05, 0) is 31.5 Å². The summed E-state index contributed by atoms with van der Waals surface area (Å²) in [5.74, 6) is -0.692. The van der Waals surface area contributed by atoms with Crippen LogP contribution in [-0.2, 0) is 11.3 Å². The summed E-state index contributed by atoms with van der Waals surface area (Å²) in [6.45, 7) is 4.83. The molecule has 23 heavy (non-hydrogen) atoms. The molecule has 0 aliphatic rings. The van der Waals surface area contributed by atoms with Crippen molar-refractivity contribution in [3.63, 3.8) is 0 Å². The number of nitrogens with zero attached hydrogens (tertiary/aromatic N) is 2. The molecule has 7 heteroatoms. The van der Waals surface area contributed by atoms with E-state index in [-0.39, 0.29) is 11.6 Å². The third-order valence-corrected chi connectivity index (χ3v) is 3.46. The number of amides is 1. The molecule has 0 spiro atoms. The molecule has 1 aromatic carbocycles. The number of rotatable bonds is 6. The highest BCUT2D eigenvalue weighted by Gasteiger charge is 2.11. The van der Waals surface area contributed by atoms with Crippen LogP contribution >= 0.6 is 11.6 Å². The lowest BCUT2D eigenvalue weighted by Gasteiger charge is -2.07. The first kappa shape index (κ1) is 17.0. The number of carbonyl (C=O) groups is 2. The predicted octanol–water partition coefficient (Wildman–Crippen LogP) is 2.45. The van der Waals surface area contributed by atoms with Gasteiger partial charge in [-0.15, -0.1) is 0 Å². The van der Waals surface area contributed by atoms with E-state index >= 15 is 0 Å². The van der Waals surface area contributed by atoms with E-state index in [1.807, 2.05) is 13.0 Å². The molecule has 2 rings (SSSR count). The minimum Gasteiger partial charge on any atom is -0.461 e. The molecule has 0 unspecified atom stereocenters. The molecule has 2 aromatic rings. The van der Waals surface area contributed by atoms with Gasteiger partial charge >= 0.3 is 5.97 Å². The van der Waals surface area contributed by atoms with E-state index in [0.29, 0.717) is 30.3 Å². The minimum atomic E-state index is -0.457. The number of halogens is 1. The number of esters is 1. The first-order valence-electron chi connectivity index (χ1n) is 7.24. The van der Waals surface area contributed by atoms with Crippen LogP contribution in [0.5, 0.6) is 0 Å². The molecule has 0 atom stereocenters. The lowest BCUT2D eigenvalue weighted by atomic mass is 10.1. The average Bonchev–Trinajstić information content (AvgIpc) is 2.96. The lowest BCUT2D eigenvalue weighted by Crippen LogP contribution is -2.27. The number of hydrogen-bond donors (Lipinski definition) is 1. The maximum atomic E-state index is 12.1. The Labute approximate surface area is 139 Å². The van der Waals surface area contributed by atoms with Crippen molar-refractivity contribution >= 4 is 23.5 Å². The van der Waals surface area contributed by atoms with E-state index in [2.05, 4.69) is 10.3 Å². The van der Waals surface area contributed by atoms with E-state index < -0.39 is 5.97 Å². The van der Waals surface area contributed by atoms with Crippen LogP contribution in [0.15, 0.2) is 30.7 Å². The van der Waals surface area contributed by atoms with E-state index in [1.54, 1.807) is 29.8 Å². The zero-order valence-corrected chi connectivity index (χ0v) is 13.8. The Bertz CT molecular complexity index is 712. The number of nitrogens with one attached hydrogen (secondary N) is 1. The fourth-order valence-corrected chi connectivity index (χ4v) is 2.31. The number of imidazole rings is 1.